The average molecular weight is 462 g/mol. The maximum atomic E-state index is 2.55. The third-order valence-corrected chi connectivity index (χ3v) is 10.3. The predicted octanol–water partition coefficient (Wildman–Crippen LogP) is 6.47. The van der Waals surface area contributed by atoms with Crippen LogP contribution in [-0.2, 0) is 0 Å². The van der Waals surface area contributed by atoms with Crippen molar-refractivity contribution in [2.24, 2.45) is 0 Å². The Kier molecular flexibility index (Phi) is 8.89. The first-order valence-corrected chi connectivity index (χ1v) is 11.7. The monoisotopic (exact) mass is 462 g/mol. The quantitative estimate of drug-likeness (QED) is 0.241. The van der Waals surface area contributed by atoms with Crippen molar-refractivity contribution in [3.8, 4) is 0 Å². The molecule has 0 atom stereocenters. The van der Waals surface area contributed by atoms with E-state index in [1.807, 2.05) is 0 Å². The van der Waals surface area contributed by atoms with Gasteiger partial charge >= 0.3 is 0 Å². The molecule has 0 aliphatic heterocycles. The van der Waals surface area contributed by atoms with Crippen molar-refractivity contribution in [3.63, 3.8) is 0 Å². The predicted molar refractivity (Wildman–Crippen MR) is 96.3 cm³/mol. The van der Waals surface area contributed by atoms with E-state index in [0.29, 0.717) is 0 Å². The zero-order valence-electron chi connectivity index (χ0n) is 11.2. The highest BCUT2D eigenvalue weighted by Gasteiger charge is 2.17. The highest BCUT2D eigenvalue weighted by Crippen LogP contribution is 2.29. The molecule has 0 heterocycles. The molecule has 16 heavy (non-hydrogen) atoms. The summed E-state index contributed by atoms with van der Waals surface area (Å²) in [5.74, 6) is 0. The van der Waals surface area contributed by atoms with Gasteiger partial charge in [-0.3, -0.25) is 0 Å². The number of halogens is 2. The second-order valence-corrected chi connectivity index (χ2v) is 13.7. The second kappa shape index (κ2) is 8.29. The van der Waals surface area contributed by atoms with Crippen molar-refractivity contribution < 1.29 is 0 Å². The van der Waals surface area contributed by atoms with Crippen LogP contribution in [0.15, 0.2) is 18.4 Å². The fourth-order valence-electron chi connectivity index (χ4n) is 1.30. The molecule has 3 heteroatoms. The molecule has 0 radical (unpaired) electrons. The lowest BCUT2D eigenvalue weighted by atomic mass is 10.1. The van der Waals surface area contributed by atoms with Gasteiger partial charge in [0.05, 0.1) is 8.07 Å². The summed E-state index contributed by atoms with van der Waals surface area (Å²) in [6.45, 7) is 11.8. The molecular formula is C13H24I2Si. The summed E-state index contributed by atoms with van der Waals surface area (Å²) in [4.78, 5) is 0. The first-order valence-electron chi connectivity index (χ1n) is 6.08. The Morgan fingerprint density at radius 3 is 1.88 bits per heavy atom. The van der Waals surface area contributed by atoms with E-state index in [4.69, 9.17) is 0 Å². The van der Waals surface area contributed by atoms with Gasteiger partial charge < -0.3 is 0 Å². The minimum Gasteiger partial charge on any atom is -0.0652 e. The van der Waals surface area contributed by atoms with Crippen molar-refractivity contribution in [1.82, 2.24) is 0 Å². The molecule has 0 aromatic rings. The van der Waals surface area contributed by atoms with E-state index in [-0.39, 0.29) is 0 Å². The molecule has 0 unspecified atom stereocenters. The van der Waals surface area contributed by atoms with Crippen LogP contribution < -0.4 is 0 Å². The third kappa shape index (κ3) is 6.79. The Morgan fingerprint density at radius 1 is 1.00 bits per heavy atom. The highest BCUT2D eigenvalue weighted by molar-refractivity contribution is 14.1. The van der Waals surface area contributed by atoms with Crippen LogP contribution >= 0.6 is 45.2 Å². The van der Waals surface area contributed by atoms with Crippen LogP contribution in [0.4, 0.5) is 0 Å². The van der Waals surface area contributed by atoms with Crippen LogP contribution in [0.1, 0.15) is 39.5 Å². The normalized spacial score (nSPS) is 15.1. The first kappa shape index (κ1) is 17.2. The van der Waals surface area contributed by atoms with Gasteiger partial charge in [0.2, 0.25) is 0 Å². The van der Waals surface area contributed by atoms with Crippen LogP contribution in [0, 0.1) is 0 Å². The fraction of sp³-hybridized carbons (Fsp3) is 0.692. The van der Waals surface area contributed by atoms with Gasteiger partial charge in [-0.05, 0) is 47.8 Å². The Hall–Kier alpha value is 1.16. The fourth-order valence-corrected chi connectivity index (χ4v) is 3.25. The van der Waals surface area contributed by atoms with E-state index in [1.54, 1.807) is 12.4 Å². The molecule has 0 saturated heterocycles. The maximum absolute atomic E-state index is 2.55. The average Bonchev–Trinajstić information content (AvgIpc) is 2.15. The maximum Gasteiger partial charge on any atom is 0.0854 e. The van der Waals surface area contributed by atoms with Crippen LogP contribution in [0.2, 0.25) is 19.6 Å². The first-order chi connectivity index (χ1) is 7.32. The Balaban J connectivity index is 5.02. The molecule has 0 nitrogen and oxygen atoms in total. The summed E-state index contributed by atoms with van der Waals surface area (Å²) < 4.78 is 3.16. The molecule has 0 aliphatic carbocycles. The van der Waals surface area contributed by atoms with Gasteiger partial charge in [0, 0.05) is 0 Å². The van der Waals surface area contributed by atoms with Gasteiger partial charge in [0.15, 0.2) is 0 Å². The summed E-state index contributed by atoms with van der Waals surface area (Å²) in [5.41, 5.74) is 1.58. The Labute approximate surface area is 130 Å². The van der Waals surface area contributed by atoms with Gasteiger partial charge in [0.1, 0.15) is 0 Å². The van der Waals surface area contributed by atoms with E-state index < -0.39 is 8.07 Å². The van der Waals surface area contributed by atoms with Crippen LogP contribution in [0.5, 0.6) is 0 Å². The van der Waals surface area contributed by atoms with Gasteiger partial charge in [-0.25, -0.2) is 0 Å². The summed E-state index contributed by atoms with van der Waals surface area (Å²) >= 11 is 5.09. The van der Waals surface area contributed by atoms with Crippen LogP contribution in [0.25, 0.3) is 0 Å². The van der Waals surface area contributed by atoms with E-state index in [0.717, 1.165) is 0 Å². The van der Waals surface area contributed by atoms with E-state index in [2.05, 4.69) is 84.7 Å². The summed E-state index contributed by atoms with van der Waals surface area (Å²) in [5, 5.41) is 0. The van der Waals surface area contributed by atoms with Crippen LogP contribution in [-0.4, -0.2) is 8.07 Å². The second-order valence-electron chi connectivity index (χ2n) is 5.17. The number of rotatable bonds is 6. The molecule has 0 N–H and O–H groups in total. The SMILES string of the molecule is CCC/C(I)=C(/C=C(\I)[Si](C)(C)C)CCC. The third-order valence-electron chi connectivity index (χ3n) is 2.35. The highest BCUT2D eigenvalue weighted by atomic mass is 127. The van der Waals surface area contributed by atoms with Crippen molar-refractivity contribution >= 4 is 53.3 Å². The molecule has 0 fully saturated rings. The van der Waals surface area contributed by atoms with Gasteiger partial charge in [-0.15, -0.1) is 0 Å². The molecule has 0 rings (SSSR count). The van der Waals surface area contributed by atoms with Gasteiger partial charge in [-0.2, -0.15) is 0 Å². The topological polar surface area (TPSA) is 0 Å². The Morgan fingerprint density at radius 2 is 1.50 bits per heavy atom. The van der Waals surface area contributed by atoms with Crippen molar-refractivity contribution in [1.29, 1.82) is 0 Å². The zero-order valence-corrected chi connectivity index (χ0v) is 16.5. The van der Waals surface area contributed by atoms with Gasteiger partial charge in [-0.1, -0.05) is 75.0 Å². The smallest absolute Gasteiger partial charge is 0.0652 e. The molecule has 0 aliphatic rings. The van der Waals surface area contributed by atoms with Gasteiger partial charge in [0.25, 0.3) is 0 Å². The minimum atomic E-state index is -1.11. The number of hydrogen-bond acceptors (Lipinski definition) is 0. The molecular weight excluding hydrogens is 438 g/mol. The summed E-state index contributed by atoms with van der Waals surface area (Å²) in [6.07, 6.45) is 7.44. The zero-order chi connectivity index (χ0) is 12.8. The molecule has 94 valence electrons. The number of allylic oxidation sites excluding steroid dienone is 3. The number of hydrogen-bond donors (Lipinski definition) is 0. The Bertz CT molecular complexity index is 272. The van der Waals surface area contributed by atoms with E-state index in [1.165, 1.54) is 25.7 Å². The van der Waals surface area contributed by atoms with Crippen molar-refractivity contribution in [2.75, 3.05) is 0 Å². The standard InChI is InChI=1S/C13H24I2Si/c1-6-8-11(12(14)9-7-2)10-13(15)16(3,4)5/h10H,6-9H2,1-5H3/b12-11-,13-10+. The summed E-state index contributed by atoms with van der Waals surface area (Å²) in [7, 11) is -1.11. The molecule has 0 aromatic carbocycles. The van der Waals surface area contributed by atoms with Crippen LogP contribution in [0.3, 0.4) is 0 Å². The lowest BCUT2D eigenvalue weighted by molar-refractivity contribution is 0.891. The molecule has 0 amide bonds. The molecule has 0 bridgehead atoms. The molecule has 0 spiro atoms. The van der Waals surface area contributed by atoms with Crippen molar-refractivity contribution in [2.45, 2.75) is 59.2 Å². The summed E-state index contributed by atoms with van der Waals surface area (Å²) in [6, 6.07) is 0. The molecule has 0 aromatic heterocycles. The van der Waals surface area contributed by atoms with E-state index in [9.17, 15) is 0 Å². The lowest BCUT2D eigenvalue weighted by Crippen LogP contribution is -2.20. The largest absolute Gasteiger partial charge is 0.0854 e. The minimum absolute atomic E-state index is 1.11. The van der Waals surface area contributed by atoms with Crippen molar-refractivity contribution in [3.05, 3.63) is 18.4 Å². The molecule has 0 saturated carbocycles. The lowest BCUT2D eigenvalue weighted by Gasteiger charge is -2.16. The van der Waals surface area contributed by atoms with E-state index >= 15 is 0 Å².